The van der Waals surface area contributed by atoms with E-state index in [2.05, 4.69) is 74.0 Å². The fourth-order valence-electron chi connectivity index (χ4n) is 2.65. The highest BCUT2D eigenvalue weighted by Gasteiger charge is 2.18. The number of nitrogens with one attached hydrogen (secondary N) is 1. The molecule has 0 amide bonds. The minimum absolute atomic E-state index is 0.311. The summed E-state index contributed by atoms with van der Waals surface area (Å²) in [5.41, 5.74) is 2.88. The van der Waals surface area contributed by atoms with Crippen LogP contribution in [0.1, 0.15) is 34.6 Å². The van der Waals surface area contributed by atoms with Crippen molar-refractivity contribution >= 4 is 11.4 Å². The highest BCUT2D eigenvalue weighted by molar-refractivity contribution is 5.55. The molecule has 0 aromatic heterocycles. The standard InChI is InChI=1S/C18H31N3/c1-15(2)20-10-12-21(13-11-20)17-8-6-16(7-9-17)19-14-18(3,4)5/h6-9,15,19H,10-14H2,1-5H3. The maximum atomic E-state index is 3.51. The van der Waals surface area contributed by atoms with E-state index in [1.165, 1.54) is 24.5 Å². The normalized spacial score (nSPS) is 17.3. The van der Waals surface area contributed by atoms with Crippen LogP contribution in [-0.2, 0) is 0 Å². The summed E-state index contributed by atoms with van der Waals surface area (Å²) in [6, 6.07) is 9.56. The molecule has 2 rings (SSSR count). The van der Waals surface area contributed by atoms with E-state index >= 15 is 0 Å². The fraction of sp³-hybridized carbons (Fsp3) is 0.667. The first kappa shape index (κ1) is 16.2. The van der Waals surface area contributed by atoms with E-state index in [9.17, 15) is 0 Å². The van der Waals surface area contributed by atoms with Crippen molar-refractivity contribution in [2.75, 3.05) is 42.9 Å². The van der Waals surface area contributed by atoms with Crippen LogP contribution in [0.4, 0.5) is 11.4 Å². The molecule has 0 aliphatic carbocycles. The van der Waals surface area contributed by atoms with Crippen molar-refractivity contribution in [2.45, 2.75) is 40.7 Å². The Kier molecular flexibility index (Phi) is 5.15. The molecule has 1 aromatic carbocycles. The maximum absolute atomic E-state index is 3.51. The minimum Gasteiger partial charge on any atom is -0.385 e. The maximum Gasteiger partial charge on any atom is 0.0368 e. The van der Waals surface area contributed by atoms with Crippen LogP contribution in [0, 0.1) is 5.41 Å². The van der Waals surface area contributed by atoms with Crippen molar-refractivity contribution in [3.63, 3.8) is 0 Å². The van der Waals surface area contributed by atoms with E-state index in [0.29, 0.717) is 11.5 Å². The van der Waals surface area contributed by atoms with Gasteiger partial charge in [0.05, 0.1) is 0 Å². The first-order valence-corrected chi connectivity index (χ1v) is 8.18. The van der Waals surface area contributed by atoms with E-state index in [4.69, 9.17) is 0 Å². The van der Waals surface area contributed by atoms with Crippen LogP contribution in [0.25, 0.3) is 0 Å². The minimum atomic E-state index is 0.311. The van der Waals surface area contributed by atoms with Crippen molar-refractivity contribution in [1.29, 1.82) is 0 Å². The van der Waals surface area contributed by atoms with E-state index < -0.39 is 0 Å². The molecule has 0 spiro atoms. The number of rotatable bonds is 4. The predicted molar refractivity (Wildman–Crippen MR) is 93.3 cm³/mol. The molecule has 1 aliphatic rings. The van der Waals surface area contributed by atoms with Gasteiger partial charge < -0.3 is 10.2 Å². The summed E-state index contributed by atoms with van der Waals surface area (Å²) in [5.74, 6) is 0. The topological polar surface area (TPSA) is 18.5 Å². The third kappa shape index (κ3) is 4.92. The Bertz CT molecular complexity index is 423. The number of hydrogen-bond donors (Lipinski definition) is 1. The Labute approximate surface area is 130 Å². The van der Waals surface area contributed by atoms with Crippen molar-refractivity contribution in [2.24, 2.45) is 5.41 Å². The van der Waals surface area contributed by atoms with Gasteiger partial charge in [0, 0.05) is 50.1 Å². The van der Waals surface area contributed by atoms with E-state index in [-0.39, 0.29) is 0 Å². The van der Waals surface area contributed by atoms with Gasteiger partial charge in [0.1, 0.15) is 0 Å². The van der Waals surface area contributed by atoms with Crippen molar-refractivity contribution in [3.8, 4) is 0 Å². The number of nitrogens with zero attached hydrogens (tertiary/aromatic N) is 2. The van der Waals surface area contributed by atoms with E-state index in [1.54, 1.807) is 0 Å². The lowest BCUT2D eigenvalue weighted by Gasteiger charge is -2.38. The number of benzene rings is 1. The molecule has 0 radical (unpaired) electrons. The van der Waals surface area contributed by atoms with Crippen LogP contribution >= 0.6 is 0 Å². The number of hydrogen-bond acceptors (Lipinski definition) is 3. The molecule has 1 aliphatic heterocycles. The summed E-state index contributed by atoms with van der Waals surface area (Å²) in [7, 11) is 0. The largest absolute Gasteiger partial charge is 0.385 e. The van der Waals surface area contributed by atoms with Crippen molar-refractivity contribution < 1.29 is 0 Å². The molecule has 3 heteroatoms. The van der Waals surface area contributed by atoms with Gasteiger partial charge in [0.25, 0.3) is 0 Å². The number of piperazine rings is 1. The van der Waals surface area contributed by atoms with Gasteiger partial charge in [-0.15, -0.1) is 0 Å². The summed E-state index contributed by atoms with van der Waals surface area (Å²) in [5, 5.41) is 3.51. The lowest BCUT2D eigenvalue weighted by Crippen LogP contribution is -2.48. The SMILES string of the molecule is CC(C)N1CCN(c2ccc(NCC(C)(C)C)cc2)CC1. The monoisotopic (exact) mass is 289 g/mol. The van der Waals surface area contributed by atoms with Gasteiger partial charge in [-0.3, -0.25) is 4.90 Å². The Morgan fingerprint density at radius 3 is 2.05 bits per heavy atom. The summed E-state index contributed by atoms with van der Waals surface area (Å²) in [6.07, 6.45) is 0. The Morgan fingerprint density at radius 2 is 1.57 bits per heavy atom. The lowest BCUT2D eigenvalue weighted by molar-refractivity contribution is 0.209. The first-order chi connectivity index (χ1) is 9.85. The van der Waals surface area contributed by atoms with E-state index in [0.717, 1.165) is 19.6 Å². The van der Waals surface area contributed by atoms with Gasteiger partial charge in [-0.05, 0) is 43.5 Å². The van der Waals surface area contributed by atoms with Crippen molar-refractivity contribution in [3.05, 3.63) is 24.3 Å². The van der Waals surface area contributed by atoms with Crippen LogP contribution in [-0.4, -0.2) is 43.7 Å². The summed E-state index contributed by atoms with van der Waals surface area (Å²) >= 11 is 0. The van der Waals surface area contributed by atoms with Gasteiger partial charge in [-0.2, -0.15) is 0 Å². The van der Waals surface area contributed by atoms with Crippen LogP contribution < -0.4 is 10.2 Å². The van der Waals surface area contributed by atoms with Crippen LogP contribution in [0.2, 0.25) is 0 Å². The third-order valence-electron chi connectivity index (χ3n) is 4.10. The Morgan fingerprint density at radius 1 is 1.00 bits per heavy atom. The quantitative estimate of drug-likeness (QED) is 0.912. The smallest absolute Gasteiger partial charge is 0.0368 e. The van der Waals surface area contributed by atoms with E-state index in [1.807, 2.05) is 0 Å². The molecule has 0 saturated carbocycles. The molecule has 1 N–H and O–H groups in total. The molecule has 1 saturated heterocycles. The zero-order chi connectivity index (χ0) is 15.5. The van der Waals surface area contributed by atoms with Gasteiger partial charge in [-0.1, -0.05) is 20.8 Å². The van der Waals surface area contributed by atoms with Gasteiger partial charge >= 0.3 is 0 Å². The molecule has 1 heterocycles. The molecule has 3 nitrogen and oxygen atoms in total. The van der Waals surface area contributed by atoms with Gasteiger partial charge in [0.15, 0.2) is 0 Å². The molecular formula is C18H31N3. The average molecular weight is 289 g/mol. The summed E-state index contributed by atoms with van der Waals surface area (Å²) < 4.78 is 0. The van der Waals surface area contributed by atoms with Gasteiger partial charge in [-0.25, -0.2) is 0 Å². The second-order valence-corrected chi connectivity index (χ2v) is 7.58. The molecule has 118 valence electrons. The van der Waals surface area contributed by atoms with Crippen LogP contribution in [0.5, 0.6) is 0 Å². The third-order valence-corrected chi connectivity index (χ3v) is 4.10. The fourth-order valence-corrected chi connectivity index (χ4v) is 2.65. The predicted octanol–water partition coefficient (Wildman–Crippen LogP) is 3.68. The summed E-state index contributed by atoms with van der Waals surface area (Å²) in [6.45, 7) is 16.9. The highest BCUT2D eigenvalue weighted by Crippen LogP contribution is 2.21. The molecule has 1 fully saturated rings. The summed E-state index contributed by atoms with van der Waals surface area (Å²) in [4.78, 5) is 5.04. The Balaban J connectivity index is 1.88. The zero-order valence-electron chi connectivity index (χ0n) is 14.3. The highest BCUT2D eigenvalue weighted by atomic mass is 15.3. The molecule has 0 bridgehead atoms. The molecule has 21 heavy (non-hydrogen) atoms. The lowest BCUT2D eigenvalue weighted by atomic mass is 9.97. The average Bonchev–Trinajstić information content (AvgIpc) is 2.45. The molecular weight excluding hydrogens is 258 g/mol. The molecule has 1 aromatic rings. The van der Waals surface area contributed by atoms with Crippen LogP contribution in [0.3, 0.4) is 0 Å². The Hall–Kier alpha value is -1.22. The van der Waals surface area contributed by atoms with Crippen molar-refractivity contribution in [1.82, 2.24) is 4.90 Å². The molecule has 0 unspecified atom stereocenters. The zero-order valence-corrected chi connectivity index (χ0v) is 14.3. The first-order valence-electron chi connectivity index (χ1n) is 8.18. The second-order valence-electron chi connectivity index (χ2n) is 7.58. The van der Waals surface area contributed by atoms with Crippen LogP contribution in [0.15, 0.2) is 24.3 Å². The second kappa shape index (κ2) is 6.69. The van der Waals surface area contributed by atoms with Gasteiger partial charge in [0.2, 0.25) is 0 Å². The molecule has 0 atom stereocenters. The number of anilines is 2.